The highest BCUT2D eigenvalue weighted by molar-refractivity contribution is 6.19. The number of rotatable bonds is 7. The predicted octanol–water partition coefficient (Wildman–Crippen LogP) is 3.91. The summed E-state index contributed by atoms with van der Waals surface area (Å²) in [5, 5.41) is 0. The van der Waals surface area contributed by atoms with Crippen LogP contribution in [0.3, 0.4) is 0 Å². The van der Waals surface area contributed by atoms with Gasteiger partial charge in [0.2, 0.25) is 0 Å². The Morgan fingerprint density at radius 1 is 1.26 bits per heavy atom. The van der Waals surface area contributed by atoms with Gasteiger partial charge in [0.1, 0.15) is 12.4 Å². The molecule has 106 valence electrons. The second-order valence-corrected chi connectivity index (χ2v) is 5.50. The molecule has 0 spiro atoms. The molecule has 0 saturated heterocycles. The van der Waals surface area contributed by atoms with Crippen LogP contribution in [0, 0.1) is 5.92 Å². The van der Waals surface area contributed by atoms with Gasteiger partial charge in [-0.25, -0.2) is 0 Å². The summed E-state index contributed by atoms with van der Waals surface area (Å²) in [6.07, 6.45) is 2.15. The third-order valence-electron chi connectivity index (χ3n) is 2.94. The summed E-state index contributed by atoms with van der Waals surface area (Å²) in [6, 6.07) is 8.15. The molecule has 0 aliphatic rings. The van der Waals surface area contributed by atoms with Crippen molar-refractivity contribution in [2.24, 2.45) is 5.92 Å². The summed E-state index contributed by atoms with van der Waals surface area (Å²) >= 11 is 5.94. The average Bonchev–Trinajstić information content (AvgIpc) is 2.37. The highest BCUT2D eigenvalue weighted by Crippen LogP contribution is 2.18. The highest BCUT2D eigenvalue weighted by atomic mass is 35.5. The van der Waals surface area contributed by atoms with E-state index < -0.39 is 0 Å². The summed E-state index contributed by atoms with van der Waals surface area (Å²) in [5.41, 5.74) is 2.42. The summed E-state index contributed by atoms with van der Waals surface area (Å²) < 4.78 is 5.66. The zero-order valence-electron chi connectivity index (χ0n) is 12.3. The molecule has 0 radical (unpaired) electrons. The lowest BCUT2D eigenvalue weighted by atomic mass is 10.0. The quantitative estimate of drug-likeness (QED) is 0.703. The van der Waals surface area contributed by atoms with Crippen LogP contribution in [0.25, 0.3) is 6.08 Å². The Morgan fingerprint density at radius 2 is 1.89 bits per heavy atom. The van der Waals surface area contributed by atoms with Gasteiger partial charge in [-0.3, -0.25) is 0 Å². The van der Waals surface area contributed by atoms with Crippen LogP contribution in [0.2, 0.25) is 0 Å². The maximum Gasteiger partial charge on any atom is 0.119 e. The number of benzene rings is 1. The molecule has 0 fully saturated rings. The molecule has 19 heavy (non-hydrogen) atoms. The fraction of sp³-hybridized carbons (Fsp3) is 0.500. The molecule has 0 heterocycles. The van der Waals surface area contributed by atoms with Gasteiger partial charge in [-0.1, -0.05) is 37.6 Å². The number of ether oxygens (including phenoxy) is 1. The van der Waals surface area contributed by atoms with Gasteiger partial charge in [0.25, 0.3) is 0 Å². The van der Waals surface area contributed by atoms with Gasteiger partial charge in [-0.2, -0.15) is 0 Å². The van der Waals surface area contributed by atoms with Crippen molar-refractivity contribution in [2.75, 3.05) is 33.1 Å². The normalized spacial score (nSPS) is 12.3. The minimum atomic E-state index is 0.480. The molecule has 0 atom stereocenters. The molecule has 2 nitrogen and oxygen atoms in total. The zero-order chi connectivity index (χ0) is 14.3. The topological polar surface area (TPSA) is 12.5 Å². The number of likely N-dealkylation sites (N-methyl/N-ethyl adjacent to an activating group) is 1. The van der Waals surface area contributed by atoms with Gasteiger partial charge in [-0.05, 0) is 37.7 Å². The lowest BCUT2D eigenvalue weighted by Crippen LogP contribution is -2.19. The first-order valence-electron chi connectivity index (χ1n) is 6.67. The van der Waals surface area contributed by atoms with Crippen LogP contribution in [0.15, 0.2) is 29.8 Å². The van der Waals surface area contributed by atoms with Crippen molar-refractivity contribution in [2.45, 2.75) is 13.8 Å². The van der Waals surface area contributed by atoms with Crippen molar-refractivity contribution >= 4 is 17.7 Å². The van der Waals surface area contributed by atoms with Gasteiger partial charge in [0.15, 0.2) is 0 Å². The number of alkyl halides is 1. The van der Waals surface area contributed by atoms with Crippen molar-refractivity contribution in [1.29, 1.82) is 0 Å². The molecule has 3 heteroatoms. The zero-order valence-corrected chi connectivity index (χ0v) is 13.1. The van der Waals surface area contributed by atoms with E-state index in [1.165, 1.54) is 11.1 Å². The van der Waals surface area contributed by atoms with Crippen molar-refractivity contribution in [1.82, 2.24) is 4.90 Å². The monoisotopic (exact) mass is 281 g/mol. The molecule has 0 aromatic heterocycles. The van der Waals surface area contributed by atoms with Crippen molar-refractivity contribution in [3.63, 3.8) is 0 Å². The van der Waals surface area contributed by atoms with E-state index in [9.17, 15) is 0 Å². The van der Waals surface area contributed by atoms with Crippen LogP contribution in [0.4, 0.5) is 0 Å². The summed E-state index contributed by atoms with van der Waals surface area (Å²) in [5.74, 6) is 1.98. The van der Waals surface area contributed by atoms with Crippen LogP contribution in [0.1, 0.15) is 19.4 Å². The Balaban J connectivity index is 2.61. The lowest BCUT2D eigenvalue weighted by Gasteiger charge is -2.11. The van der Waals surface area contributed by atoms with Gasteiger partial charge in [0.05, 0.1) is 0 Å². The van der Waals surface area contributed by atoms with E-state index in [0.717, 1.165) is 12.3 Å². The number of nitrogens with zero attached hydrogens (tertiary/aromatic N) is 1. The first-order chi connectivity index (χ1) is 9.02. The minimum absolute atomic E-state index is 0.480. The van der Waals surface area contributed by atoms with Gasteiger partial charge in [-0.15, -0.1) is 11.6 Å². The van der Waals surface area contributed by atoms with Crippen LogP contribution in [-0.2, 0) is 0 Å². The summed E-state index contributed by atoms with van der Waals surface area (Å²) in [7, 11) is 4.08. The van der Waals surface area contributed by atoms with Crippen LogP contribution in [0.5, 0.6) is 5.75 Å². The van der Waals surface area contributed by atoms with E-state index in [2.05, 4.69) is 37.0 Å². The molecule has 0 N–H and O–H groups in total. The standard InChI is InChI=1S/C16H24ClNO/c1-13(2)15(12-17)11-14-5-7-16(8-6-14)19-10-9-18(3)4/h5-8,11,13H,9-10,12H2,1-4H3. The maximum absolute atomic E-state index is 5.94. The van der Waals surface area contributed by atoms with Crippen molar-refractivity contribution in [3.05, 3.63) is 35.4 Å². The molecular weight excluding hydrogens is 258 g/mol. The summed E-state index contributed by atoms with van der Waals surface area (Å²) in [4.78, 5) is 2.10. The molecule has 0 unspecified atom stereocenters. The fourth-order valence-corrected chi connectivity index (χ4v) is 1.97. The van der Waals surface area contributed by atoms with Crippen LogP contribution >= 0.6 is 11.6 Å². The van der Waals surface area contributed by atoms with Gasteiger partial charge >= 0.3 is 0 Å². The average molecular weight is 282 g/mol. The number of allylic oxidation sites excluding steroid dienone is 1. The Hall–Kier alpha value is -0.990. The molecule has 0 saturated carbocycles. The number of hydrogen-bond acceptors (Lipinski definition) is 2. The van der Waals surface area contributed by atoms with Crippen LogP contribution < -0.4 is 4.74 Å². The van der Waals surface area contributed by atoms with E-state index in [4.69, 9.17) is 16.3 Å². The van der Waals surface area contributed by atoms with Crippen LogP contribution in [-0.4, -0.2) is 38.0 Å². The first-order valence-corrected chi connectivity index (χ1v) is 7.20. The third kappa shape index (κ3) is 6.13. The predicted molar refractivity (Wildman–Crippen MR) is 84.0 cm³/mol. The third-order valence-corrected chi connectivity index (χ3v) is 3.24. The smallest absolute Gasteiger partial charge is 0.119 e. The molecule has 0 bridgehead atoms. The molecule has 1 aromatic carbocycles. The van der Waals surface area contributed by atoms with Crippen molar-refractivity contribution in [3.8, 4) is 5.75 Å². The molecule has 0 aliphatic carbocycles. The lowest BCUT2D eigenvalue weighted by molar-refractivity contribution is 0.261. The largest absolute Gasteiger partial charge is 0.492 e. The molecule has 1 aromatic rings. The molecular formula is C16H24ClNO. The molecule has 0 aliphatic heterocycles. The molecule has 1 rings (SSSR count). The second-order valence-electron chi connectivity index (χ2n) is 5.23. The minimum Gasteiger partial charge on any atom is -0.492 e. The SMILES string of the molecule is CC(C)C(=Cc1ccc(OCCN(C)C)cc1)CCl. The number of hydrogen-bond donors (Lipinski definition) is 0. The van der Waals surface area contributed by atoms with E-state index in [0.29, 0.717) is 18.4 Å². The Bertz CT molecular complexity index is 396. The highest BCUT2D eigenvalue weighted by Gasteiger charge is 2.02. The van der Waals surface area contributed by atoms with Gasteiger partial charge in [0, 0.05) is 12.4 Å². The molecule has 0 amide bonds. The fourth-order valence-electron chi connectivity index (χ4n) is 1.58. The summed E-state index contributed by atoms with van der Waals surface area (Å²) in [6.45, 7) is 5.95. The Kier molecular flexibility index (Phi) is 6.96. The van der Waals surface area contributed by atoms with E-state index >= 15 is 0 Å². The Labute approximate surface area is 122 Å². The van der Waals surface area contributed by atoms with E-state index in [1.807, 2.05) is 26.2 Å². The second kappa shape index (κ2) is 8.23. The van der Waals surface area contributed by atoms with Crippen molar-refractivity contribution < 1.29 is 4.74 Å². The maximum atomic E-state index is 5.94. The van der Waals surface area contributed by atoms with E-state index in [-0.39, 0.29) is 0 Å². The van der Waals surface area contributed by atoms with Gasteiger partial charge < -0.3 is 9.64 Å². The first kappa shape index (κ1) is 16.1. The van der Waals surface area contributed by atoms with E-state index in [1.54, 1.807) is 0 Å². The number of halogens is 1. The Morgan fingerprint density at radius 3 is 2.37 bits per heavy atom.